The van der Waals surface area contributed by atoms with E-state index < -0.39 is 0 Å². The summed E-state index contributed by atoms with van der Waals surface area (Å²) >= 11 is 8.38. The molecule has 2 aromatic rings. The SMILES string of the molecule is CSC1CCCCC1n1c(C(C)Cl)nc2cc(C)cnc21. The van der Waals surface area contributed by atoms with E-state index in [0.29, 0.717) is 11.3 Å². The first-order valence-electron chi connectivity index (χ1n) is 7.63. The molecule has 114 valence electrons. The fourth-order valence-corrected chi connectivity index (χ4v) is 4.48. The van der Waals surface area contributed by atoms with Gasteiger partial charge in [0.25, 0.3) is 0 Å². The highest BCUT2D eigenvalue weighted by Gasteiger charge is 2.30. The molecule has 0 N–H and O–H groups in total. The minimum Gasteiger partial charge on any atom is -0.307 e. The number of hydrogen-bond acceptors (Lipinski definition) is 3. The molecule has 0 spiro atoms. The van der Waals surface area contributed by atoms with Crippen LogP contribution < -0.4 is 0 Å². The third kappa shape index (κ3) is 2.80. The van der Waals surface area contributed by atoms with Crippen molar-refractivity contribution in [3.8, 4) is 0 Å². The number of alkyl halides is 1. The van der Waals surface area contributed by atoms with Gasteiger partial charge in [-0.25, -0.2) is 9.97 Å². The van der Waals surface area contributed by atoms with Gasteiger partial charge >= 0.3 is 0 Å². The van der Waals surface area contributed by atoms with Gasteiger partial charge in [-0.3, -0.25) is 0 Å². The lowest BCUT2D eigenvalue weighted by Gasteiger charge is -2.32. The van der Waals surface area contributed by atoms with Crippen LogP contribution in [-0.2, 0) is 0 Å². The van der Waals surface area contributed by atoms with E-state index in [1.165, 1.54) is 25.7 Å². The van der Waals surface area contributed by atoms with Crippen LogP contribution in [0.3, 0.4) is 0 Å². The fraction of sp³-hybridized carbons (Fsp3) is 0.625. The van der Waals surface area contributed by atoms with Crippen molar-refractivity contribution >= 4 is 34.5 Å². The highest BCUT2D eigenvalue weighted by molar-refractivity contribution is 7.99. The zero-order valence-electron chi connectivity index (χ0n) is 12.8. The predicted octanol–water partition coefficient (Wildman–Crippen LogP) is 4.89. The van der Waals surface area contributed by atoms with E-state index in [4.69, 9.17) is 16.6 Å². The van der Waals surface area contributed by atoms with Gasteiger partial charge in [0, 0.05) is 17.5 Å². The average Bonchev–Trinajstić information content (AvgIpc) is 2.85. The van der Waals surface area contributed by atoms with Gasteiger partial charge in [-0.15, -0.1) is 11.6 Å². The van der Waals surface area contributed by atoms with Crippen molar-refractivity contribution in [3.63, 3.8) is 0 Å². The number of rotatable bonds is 3. The maximum Gasteiger partial charge on any atom is 0.160 e. The summed E-state index contributed by atoms with van der Waals surface area (Å²) in [4.78, 5) is 9.44. The van der Waals surface area contributed by atoms with Crippen molar-refractivity contribution in [2.75, 3.05) is 6.26 Å². The standard InChI is InChI=1S/C16H22ClN3S/c1-10-8-12-16(18-9-10)20(15(19-12)11(2)17)13-6-4-5-7-14(13)21-3/h8-9,11,13-14H,4-7H2,1-3H3. The van der Waals surface area contributed by atoms with Gasteiger partial charge in [-0.2, -0.15) is 11.8 Å². The molecule has 3 rings (SSSR count). The minimum atomic E-state index is -0.0936. The summed E-state index contributed by atoms with van der Waals surface area (Å²) in [6.07, 6.45) is 9.22. The van der Waals surface area contributed by atoms with E-state index >= 15 is 0 Å². The van der Waals surface area contributed by atoms with Crippen LogP contribution in [0, 0.1) is 6.92 Å². The first-order valence-corrected chi connectivity index (χ1v) is 9.35. The Bertz CT molecular complexity index is 638. The minimum absolute atomic E-state index is 0.0936. The lowest BCUT2D eigenvalue weighted by atomic mass is 9.94. The van der Waals surface area contributed by atoms with Crippen LogP contribution in [-0.4, -0.2) is 26.0 Å². The van der Waals surface area contributed by atoms with Crippen molar-refractivity contribution < 1.29 is 0 Å². The quantitative estimate of drug-likeness (QED) is 0.754. The van der Waals surface area contributed by atoms with Crippen LogP contribution in [0.1, 0.15) is 55.4 Å². The molecule has 5 heteroatoms. The third-order valence-corrected chi connectivity index (χ3v) is 5.70. The second-order valence-corrected chi connectivity index (χ2v) is 7.67. The molecule has 1 aliphatic carbocycles. The summed E-state index contributed by atoms with van der Waals surface area (Å²) in [6, 6.07) is 2.57. The zero-order valence-corrected chi connectivity index (χ0v) is 14.4. The Morgan fingerprint density at radius 3 is 2.86 bits per heavy atom. The summed E-state index contributed by atoms with van der Waals surface area (Å²) < 4.78 is 2.33. The zero-order chi connectivity index (χ0) is 15.0. The van der Waals surface area contributed by atoms with Gasteiger partial charge < -0.3 is 4.57 Å². The number of pyridine rings is 1. The summed E-state index contributed by atoms with van der Waals surface area (Å²) in [5.41, 5.74) is 3.11. The second kappa shape index (κ2) is 6.17. The average molecular weight is 324 g/mol. The van der Waals surface area contributed by atoms with Crippen LogP contribution >= 0.6 is 23.4 Å². The number of imidazole rings is 1. The number of fused-ring (bicyclic) bond motifs is 1. The Labute approximate surface area is 135 Å². The van der Waals surface area contributed by atoms with Crippen molar-refractivity contribution in [1.82, 2.24) is 14.5 Å². The molecule has 3 unspecified atom stereocenters. The van der Waals surface area contributed by atoms with E-state index in [1.807, 2.05) is 24.9 Å². The van der Waals surface area contributed by atoms with Gasteiger partial charge in [-0.05, 0) is 44.6 Å². The number of hydrogen-bond donors (Lipinski definition) is 0. The molecule has 1 saturated carbocycles. The summed E-state index contributed by atoms with van der Waals surface area (Å²) in [5.74, 6) is 0.968. The van der Waals surface area contributed by atoms with Crippen LogP contribution in [0.5, 0.6) is 0 Å². The molecule has 0 bridgehead atoms. The number of halogens is 1. The Morgan fingerprint density at radius 1 is 1.38 bits per heavy atom. The highest BCUT2D eigenvalue weighted by Crippen LogP contribution is 2.39. The normalized spacial score (nSPS) is 24.4. The molecule has 2 heterocycles. The van der Waals surface area contributed by atoms with Gasteiger partial charge in [0.05, 0.1) is 5.38 Å². The van der Waals surface area contributed by atoms with E-state index in [1.54, 1.807) is 0 Å². The summed E-state index contributed by atoms with van der Waals surface area (Å²) in [5, 5.41) is 0.539. The number of nitrogens with zero attached hydrogens (tertiary/aromatic N) is 3. The van der Waals surface area contributed by atoms with E-state index in [-0.39, 0.29) is 5.38 Å². The van der Waals surface area contributed by atoms with E-state index in [2.05, 4.69) is 28.8 Å². The molecule has 0 saturated heterocycles. The fourth-order valence-electron chi connectivity index (χ4n) is 3.36. The third-order valence-electron chi connectivity index (χ3n) is 4.35. The molecule has 3 nitrogen and oxygen atoms in total. The molecule has 3 atom stereocenters. The van der Waals surface area contributed by atoms with Crippen LogP contribution in [0.15, 0.2) is 12.3 Å². The molecule has 1 aliphatic rings. The Morgan fingerprint density at radius 2 is 2.14 bits per heavy atom. The smallest absolute Gasteiger partial charge is 0.160 e. The van der Waals surface area contributed by atoms with Gasteiger partial charge in [0.2, 0.25) is 0 Å². The largest absolute Gasteiger partial charge is 0.307 e. The molecule has 0 aliphatic heterocycles. The Balaban J connectivity index is 2.16. The number of aryl methyl sites for hydroxylation is 1. The van der Waals surface area contributed by atoms with E-state index in [0.717, 1.165) is 22.6 Å². The molecule has 2 aromatic heterocycles. The first kappa shape index (κ1) is 15.2. The topological polar surface area (TPSA) is 30.7 Å². The Kier molecular flexibility index (Phi) is 4.46. The molecule has 0 radical (unpaired) electrons. The second-order valence-electron chi connectivity index (χ2n) is 5.94. The van der Waals surface area contributed by atoms with Gasteiger partial charge in [0.1, 0.15) is 11.3 Å². The molecular weight excluding hydrogens is 302 g/mol. The van der Waals surface area contributed by atoms with Crippen molar-refractivity contribution in [2.45, 2.75) is 56.2 Å². The van der Waals surface area contributed by atoms with Gasteiger partial charge in [-0.1, -0.05) is 12.8 Å². The van der Waals surface area contributed by atoms with Crippen LogP contribution in [0.25, 0.3) is 11.2 Å². The number of thioether (sulfide) groups is 1. The monoisotopic (exact) mass is 323 g/mol. The lowest BCUT2D eigenvalue weighted by Crippen LogP contribution is -2.27. The summed E-state index contributed by atoms with van der Waals surface area (Å²) in [7, 11) is 0. The highest BCUT2D eigenvalue weighted by atomic mass is 35.5. The molecule has 1 fully saturated rings. The van der Waals surface area contributed by atoms with Crippen molar-refractivity contribution in [1.29, 1.82) is 0 Å². The molecule has 0 aromatic carbocycles. The molecular formula is C16H22ClN3S. The van der Waals surface area contributed by atoms with E-state index in [9.17, 15) is 0 Å². The number of aromatic nitrogens is 3. The van der Waals surface area contributed by atoms with Crippen molar-refractivity contribution in [3.05, 3.63) is 23.7 Å². The predicted molar refractivity (Wildman–Crippen MR) is 91.3 cm³/mol. The first-order chi connectivity index (χ1) is 10.1. The maximum atomic E-state index is 6.41. The van der Waals surface area contributed by atoms with Crippen LogP contribution in [0.2, 0.25) is 0 Å². The Hall–Kier alpha value is -0.740. The van der Waals surface area contributed by atoms with Crippen molar-refractivity contribution in [2.24, 2.45) is 0 Å². The maximum absolute atomic E-state index is 6.41. The van der Waals surface area contributed by atoms with Gasteiger partial charge in [0.15, 0.2) is 5.65 Å². The summed E-state index contributed by atoms with van der Waals surface area (Å²) in [6.45, 7) is 4.06. The lowest BCUT2D eigenvalue weighted by molar-refractivity contribution is 0.362. The van der Waals surface area contributed by atoms with Crippen LogP contribution in [0.4, 0.5) is 0 Å². The molecule has 21 heavy (non-hydrogen) atoms. The molecule has 0 amide bonds.